The molecule has 5 heteroatoms. The third-order valence-corrected chi connectivity index (χ3v) is 4.41. The Bertz CT molecular complexity index is 1130. The van der Waals surface area contributed by atoms with E-state index in [1.54, 1.807) is 48.5 Å². The van der Waals surface area contributed by atoms with E-state index in [9.17, 15) is 9.18 Å². The summed E-state index contributed by atoms with van der Waals surface area (Å²) in [7, 11) is 0. The molecule has 0 radical (unpaired) electrons. The number of carbonyl (C=O) groups is 1. The van der Waals surface area contributed by atoms with Gasteiger partial charge in [0.1, 0.15) is 11.6 Å². The van der Waals surface area contributed by atoms with Crippen molar-refractivity contribution in [3.63, 3.8) is 0 Å². The lowest BCUT2D eigenvalue weighted by Gasteiger charge is -2.06. The Morgan fingerprint density at radius 1 is 1.07 bits per heavy atom. The second kappa shape index (κ2) is 7.03. The van der Waals surface area contributed by atoms with Gasteiger partial charge >= 0.3 is 5.97 Å². The monoisotopic (exact) mass is 361 g/mol. The normalized spacial score (nSPS) is 10.9. The summed E-state index contributed by atoms with van der Waals surface area (Å²) in [5.41, 5.74) is 3.01. The minimum absolute atomic E-state index is 0.280. The Labute approximate surface area is 155 Å². The van der Waals surface area contributed by atoms with Crippen LogP contribution in [-0.2, 0) is 6.42 Å². The van der Waals surface area contributed by atoms with Crippen molar-refractivity contribution >= 4 is 16.9 Å². The number of fused-ring (bicyclic) bond motifs is 1. The maximum absolute atomic E-state index is 13.9. The van der Waals surface area contributed by atoms with Gasteiger partial charge in [0.25, 0.3) is 0 Å². The van der Waals surface area contributed by atoms with Crippen LogP contribution in [0.15, 0.2) is 71.3 Å². The Morgan fingerprint density at radius 2 is 1.85 bits per heavy atom. The Morgan fingerprint density at radius 3 is 2.67 bits per heavy atom. The number of esters is 1. The molecule has 0 aliphatic heterocycles. The number of hydrogen-bond donors (Lipinski definition) is 0. The summed E-state index contributed by atoms with van der Waals surface area (Å²) in [5, 5.41) is 4.80. The summed E-state index contributed by atoms with van der Waals surface area (Å²) in [4.78, 5) is 12.3. The fraction of sp³-hybridized carbons (Fsp3) is 0.0909. The number of rotatable bonds is 4. The first-order chi connectivity index (χ1) is 13.1. The van der Waals surface area contributed by atoms with Gasteiger partial charge in [-0.05, 0) is 42.3 Å². The van der Waals surface area contributed by atoms with E-state index in [4.69, 9.17) is 9.26 Å². The first-order valence-corrected chi connectivity index (χ1v) is 8.51. The molecule has 27 heavy (non-hydrogen) atoms. The number of nitrogens with zero attached hydrogens (tertiary/aromatic N) is 1. The van der Waals surface area contributed by atoms with Crippen molar-refractivity contribution in [3.05, 3.63) is 94.9 Å². The highest BCUT2D eigenvalue weighted by atomic mass is 19.1. The number of aromatic nitrogens is 1. The fourth-order valence-electron chi connectivity index (χ4n) is 2.95. The average Bonchev–Trinajstić information content (AvgIpc) is 3.06. The average molecular weight is 361 g/mol. The zero-order valence-corrected chi connectivity index (χ0v) is 14.6. The Hall–Kier alpha value is -3.47. The molecule has 4 nitrogen and oxygen atoms in total. The molecular weight excluding hydrogens is 345 g/mol. The smallest absolute Gasteiger partial charge is 0.343 e. The number of hydrogen-bond acceptors (Lipinski definition) is 4. The van der Waals surface area contributed by atoms with Crippen molar-refractivity contribution in [1.29, 1.82) is 0 Å². The fourth-order valence-corrected chi connectivity index (χ4v) is 2.95. The van der Waals surface area contributed by atoms with E-state index in [1.165, 1.54) is 6.07 Å². The summed E-state index contributed by atoms with van der Waals surface area (Å²) >= 11 is 0. The van der Waals surface area contributed by atoms with E-state index in [-0.39, 0.29) is 5.82 Å². The minimum Gasteiger partial charge on any atom is -0.423 e. The molecule has 134 valence electrons. The van der Waals surface area contributed by atoms with Gasteiger partial charge in [-0.15, -0.1) is 0 Å². The minimum atomic E-state index is -0.432. The van der Waals surface area contributed by atoms with Gasteiger partial charge in [-0.1, -0.05) is 41.6 Å². The van der Waals surface area contributed by atoms with Gasteiger partial charge in [0.2, 0.25) is 0 Å². The molecule has 4 aromatic rings. The van der Waals surface area contributed by atoms with Crippen molar-refractivity contribution in [2.24, 2.45) is 0 Å². The molecule has 0 aliphatic carbocycles. The SMILES string of the molecule is Cc1ccccc1C(=O)Oc1ccc2c(Cc3ccccc3F)noc2c1. The first-order valence-electron chi connectivity index (χ1n) is 8.51. The zero-order valence-electron chi connectivity index (χ0n) is 14.6. The molecular formula is C22H16FNO3. The summed E-state index contributed by atoms with van der Waals surface area (Å²) in [6.07, 6.45) is 0.321. The molecule has 0 fully saturated rings. The molecule has 0 atom stereocenters. The second-order valence-electron chi connectivity index (χ2n) is 6.26. The zero-order chi connectivity index (χ0) is 18.8. The van der Waals surface area contributed by atoms with Crippen LogP contribution < -0.4 is 4.74 Å². The molecule has 0 saturated heterocycles. The van der Waals surface area contributed by atoms with Crippen molar-refractivity contribution in [2.45, 2.75) is 13.3 Å². The number of benzene rings is 3. The molecule has 0 spiro atoms. The summed E-state index contributed by atoms with van der Waals surface area (Å²) in [6, 6.07) is 18.9. The topological polar surface area (TPSA) is 52.3 Å². The van der Waals surface area contributed by atoms with Crippen LogP contribution in [0.1, 0.15) is 27.2 Å². The van der Waals surface area contributed by atoms with Gasteiger partial charge in [0, 0.05) is 17.9 Å². The lowest BCUT2D eigenvalue weighted by atomic mass is 10.1. The summed E-state index contributed by atoms with van der Waals surface area (Å²) < 4.78 is 24.7. The lowest BCUT2D eigenvalue weighted by molar-refractivity contribution is 0.0734. The van der Waals surface area contributed by atoms with Crippen molar-refractivity contribution < 1.29 is 18.4 Å². The molecule has 1 heterocycles. The van der Waals surface area contributed by atoms with Crippen LogP contribution >= 0.6 is 0 Å². The summed E-state index contributed by atoms with van der Waals surface area (Å²) in [5.74, 6) is -0.347. The number of carbonyl (C=O) groups excluding carboxylic acids is 1. The second-order valence-corrected chi connectivity index (χ2v) is 6.26. The summed E-state index contributed by atoms with van der Waals surface area (Å²) in [6.45, 7) is 1.85. The predicted octanol–water partition coefficient (Wildman–Crippen LogP) is 5.09. The van der Waals surface area contributed by atoms with E-state index in [1.807, 2.05) is 19.1 Å². The van der Waals surface area contributed by atoms with E-state index in [2.05, 4.69) is 5.16 Å². The molecule has 1 aromatic heterocycles. The van der Waals surface area contributed by atoms with Crippen molar-refractivity contribution in [2.75, 3.05) is 0 Å². The van der Waals surface area contributed by atoms with Crippen LogP contribution in [0.3, 0.4) is 0 Å². The van der Waals surface area contributed by atoms with Gasteiger partial charge < -0.3 is 9.26 Å². The predicted molar refractivity (Wildman–Crippen MR) is 99.4 cm³/mol. The highest BCUT2D eigenvalue weighted by Crippen LogP contribution is 2.26. The molecule has 4 rings (SSSR count). The molecule has 0 unspecified atom stereocenters. The van der Waals surface area contributed by atoms with Crippen LogP contribution in [0, 0.1) is 12.7 Å². The highest BCUT2D eigenvalue weighted by molar-refractivity contribution is 5.93. The van der Waals surface area contributed by atoms with Gasteiger partial charge in [-0.2, -0.15) is 0 Å². The van der Waals surface area contributed by atoms with Gasteiger partial charge in [-0.25, -0.2) is 9.18 Å². The number of halogens is 1. The first kappa shape index (κ1) is 17.0. The van der Waals surface area contributed by atoms with Gasteiger partial charge in [0.05, 0.1) is 11.3 Å². The maximum atomic E-state index is 13.9. The van der Waals surface area contributed by atoms with Crippen molar-refractivity contribution in [3.8, 4) is 5.75 Å². The molecule has 0 saturated carbocycles. The van der Waals surface area contributed by atoms with Crippen LogP contribution in [0.25, 0.3) is 11.0 Å². The number of aryl methyl sites for hydroxylation is 1. The van der Waals surface area contributed by atoms with E-state index in [0.717, 1.165) is 10.9 Å². The number of ether oxygens (including phenoxy) is 1. The molecule has 3 aromatic carbocycles. The van der Waals surface area contributed by atoms with Crippen LogP contribution in [-0.4, -0.2) is 11.1 Å². The van der Waals surface area contributed by atoms with Crippen LogP contribution in [0.4, 0.5) is 4.39 Å². The third kappa shape index (κ3) is 3.44. The van der Waals surface area contributed by atoms with E-state index < -0.39 is 5.97 Å². The molecule has 0 amide bonds. The third-order valence-electron chi connectivity index (χ3n) is 4.41. The Balaban J connectivity index is 1.58. The van der Waals surface area contributed by atoms with E-state index in [0.29, 0.717) is 34.6 Å². The Kier molecular flexibility index (Phi) is 4.42. The molecule has 0 N–H and O–H groups in total. The highest BCUT2D eigenvalue weighted by Gasteiger charge is 2.15. The molecule has 0 aliphatic rings. The van der Waals surface area contributed by atoms with Crippen LogP contribution in [0.2, 0.25) is 0 Å². The largest absolute Gasteiger partial charge is 0.423 e. The van der Waals surface area contributed by atoms with Gasteiger partial charge in [0.15, 0.2) is 5.58 Å². The van der Waals surface area contributed by atoms with Crippen LogP contribution in [0.5, 0.6) is 5.75 Å². The quantitative estimate of drug-likeness (QED) is 0.375. The lowest BCUT2D eigenvalue weighted by Crippen LogP contribution is -2.09. The van der Waals surface area contributed by atoms with E-state index >= 15 is 0 Å². The van der Waals surface area contributed by atoms with Gasteiger partial charge in [-0.3, -0.25) is 0 Å². The molecule has 0 bridgehead atoms. The van der Waals surface area contributed by atoms with Crippen molar-refractivity contribution in [1.82, 2.24) is 5.16 Å². The standard InChI is InChI=1S/C22H16FNO3/c1-14-6-2-4-8-17(14)22(25)26-16-10-11-18-20(24-27-21(18)13-16)12-15-7-3-5-9-19(15)23/h2-11,13H,12H2,1H3. The maximum Gasteiger partial charge on any atom is 0.343 e.